The third-order valence-electron chi connectivity index (χ3n) is 4.17. The molecule has 1 aliphatic rings. The Balaban J connectivity index is 1.52. The maximum absolute atomic E-state index is 12.2. The van der Waals surface area contributed by atoms with Crippen LogP contribution in [-0.4, -0.2) is 41.7 Å². The van der Waals surface area contributed by atoms with Gasteiger partial charge in [0.25, 0.3) is 17.7 Å². The number of nitriles is 1. The highest BCUT2D eigenvalue weighted by molar-refractivity contribution is 8.03. The van der Waals surface area contributed by atoms with Gasteiger partial charge in [0.15, 0.2) is 6.61 Å². The molecule has 0 bridgehead atoms. The summed E-state index contributed by atoms with van der Waals surface area (Å²) in [6.07, 6.45) is 0. The maximum atomic E-state index is 12.2. The Hall–Kier alpha value is -3.64. The lowest BCUT2D eigenvalue weighted by Crippen LogP contribution is -2.36. The molecule has 0 atom stereocenters. The van der Waals surface area contributed by atoms with Gasteiger partial charge in [-0.15, -0.1) is 0 Å². The summed E-state index contributed by atoms with van der Waals surface area (Å²) in [5.74, 6) is -2.58. The molecular formula is C20H15N3O5S. The van der Waals surface area contributed by atoms with Crippen LogP contribution < -0.4 is 5.32 Å². The van der Waals surface area contributed by atoms with Gasteiger partial charge in [-0.1, -0.05) is 12.1 Å². The summed E-state index contributed by atoms with van der Waals surface area (Å²) in [7, 11) is 0. The van der Waals surface area contributed by atoms with Gasteiger partial charge < -0.3 is 10.1 Å². The average molecular weight is 409 g/mol. The van der Waals surface area contributed by atoms with E-state index in [2.05, 4.69) is 5.32 Å². The third-order valence-corrected chi connectivity index (χ3v) is 4.75. The number of thiocyanates is 1. The van der Waals surface area contributed by atoms with Gasteiger partial charge >= 0.3 is 5.97 Å². The molecule has 0 aromatic heterocycles. The minimum atomic E-state index is -0.868. The van der Waals surface area contributed by atoms with Crippen molar-refractivity contribution in [3.05, 3.63) is 59.2 Å². The minimum Gasteiger partial charge on any atom is -0.454 e. The van der Waals surface area contributed by atoms with E-state index >= 15 is 0 Å². The molecule has 0 radical (unpaired) electrons. The number of carbonyl (C=O) groups is 4. The summed E-state index contributed by atoms with van der Waals surface area (Å²) in [6, 6.07) is 11.4. The second-order valence-electron chi connectivity index (χ2n) is 6.12. The number of benzene rings is 2. The van der Waals surface area contributed by atoms with Crippen molar-refractivity contribution < 1.29 is 23.9 Å². The molecule has 0 spiro atoms. The Morgan fingerprint density at radius 1 is 1.14 bits per heavy atom. The van der Waals surface area contributed by atoms with Gasteiger partial charge in [-0.2, -0.15) is 5.26 Å². The fraction of sp³-hybridized carbons (Fsp3) is 0.150. The number of imide groups is 1. The Kier molecular flexibility index (Phi) is 5.95. The molecule has 2 aromatic rings. The smallest absolute Gasteiger partial charge is 0.326 e. The number of thioether (sulfide) groups is 1. The summed E-state index contributed by atoms with van der Waals surface area (Å²) >= 11 is 1.01. The number of hydrogen-bond acceptors (Lipinski definition) is 7. The molecule has 29 heavy (non-hydrogen) atoms. The molecule has 0 unspecified atom stereocenters. The van der Waals surface area contributed by atoms with Crippen molar-refractivity contribution in [1.82, 2.24) is 4.90 Å². The number of anilines is 1. The predicted molar refractivity (Wildman–Crippen MR) is 104 cm³/mol. The van der Waals surface area contributed by atoms with Gasteiger partial charge in [0.2, 0.25) is 0 Å². The second kappa shape index (κ2) is 8.58. The Morgan fingerprint density at radius 3 is 2.38 bits per heavy atom. The van der Waals surface area contributed by atoms with E-state index < -0.39 is 36.8 Å². The summed E-state index contributed by atoms with van der Waals surface area (Å²) in [4.78, 5) is 50.0. The van der Waals surface area contributed by atoms with Crippen LogP contribution in [0.3, 0.4) is 0 Å². The van der Waals surface area contributed by atoms with E-state index in [-0.39, 0.29) is 11.1 Å². The topological polar surface area (TPSA) is 117 Å². The highest BCUT2D eigenvalue weighted by Crippen LogP contribution is 2.24. The monoisotopic (exact) mass is 409 g/mol. The highest BCUT2D eigenvalue weighted by Gasteiger charge is 2.36. The molecule has 1 N–H and O–H groups in total. The van der Waals surface area contributed by atoms with Crippen molar-refractivity contribution in [2.24, 2.45) is 0 Å². The number of esters is 1. The largest absolute Gasteiger partial charge is 0.454 e. The van der Waals surface area contributed by atoms with Crippen LogP contribution in [0.25, 0.3) is 0 Å². The Morgan fingerprint density at radius 2 is 1.79 bits per heavy atom. The van der Waals surface area contributed by atoms with Crippen molar-refractivity contribution in [2.45, 2.75) is 11.8 Å². The second-order valence-corrected chi connectivity index (χ2v) is 6.98. The molecule has 0 saturated carbocycles. The summed E-state index contributed by atoms with van der Waals surface area (Å²) in [5, 5.41) is 13.3. The number of fused-ring (bicyclic) bond motifs is 1. The van der Waals surface area contributed by atoms with Crippen molar-refractivity contribution >= 4 is 41.1 Å². The number of nitrogens with zero attached hydrogens (tertiary/aromatic N) is 2. The molecule has 1 heterocycles. The van der Waals surface area contributed by atoms with E-state index in [0.717, 1.165) is 27.1 Å². The number of amides is 3. The molecule has 146 valence electrons. The standard InChI is InChI=1S/C20H15N3O5S/c1-12-8-13(29-11-21)6-7-16(12)22-17(24)10-28-18(25)9-23-19(26)14-4-2-3-5-15(14)20(23)27/h2-8H,9-10H2,1H3,(H,22,24). The quantitative estimate of drug-likeness (QED) is 0.337. The fourth-order valence-corrected chi connectivity index (χ4v) is 3.26. The average Bonchev–Trinajstić information content (AvgIpc) is 2.94. The zero-order valence-electron chi connectivity index (χ0n) is 15.3. The van der Waals surface area contributed by atoms with E-state index in [9.17, 15) is 19.2 Å². The van der Waals surface area contributed by atoms with Crippen LogP contribution in [-0.2, 0) is 14.3 Å². The SMILES string of the molecule is Cc1cc(SC#N)ccc1NC(=O)COC(=O)CN1C(=O)c2ccccc2C1=O. The summed E-state index contributed by atoms with van der Waals surface area (Å²) in [5.41, 5.74) is 1.73. The Labute approximate surface area is 170 Å². The highest BCUT2D eigenvalue weighted by atomic mass is 32.2. The minimum absolute atomic E-state index is 0.233. The number of hydrogen-bond donors (Lipinski definition) is 1. The molecule has 1 aliphatic heterocycles. The number of aryl methyl sites for hydroxylation is 1. The molecule has 0 fully saturated rings. The van der Waals surface area contributed by atoms with E-state index in [1.54, 1.807) is 37.3 Å². The third kappa shape index (κ3) is 4.44. The first-order valence-corrected chi connectivity index (χ1v) is 9.29. The predicted octanol–water partition coefficient (Wildman–Crippen LogP) is 2.35. The fourth-order valence-electron chi connectivity index (χ4n) is 2.78. The molecule has 2 aromatic carbocycles. The van der Waals surface area contributed by atoms with E-state index in [1.165, 1.54) is 12.1 Å². The van der Waals surface area contributed by atoms with Crippen molar-refractivity contribution in [2.75, 3.05) is 18.5 Å². The van der Waals surface area contributed by atoms with E-state index in [1.807, 2.05) is 5.40 Å². The van der Waals surface area contributed by atoms with Crippen LogP contribution in [0.1, 0.15) is 26.3 Å². The van der Waals surface area contributed by atoms with Gasteiger partial charge in [-0.25, -0.2) is 0 Å². The lowest BCUT2D eigenvalue weighted by atomic mass is 10.1. The number of rotatable bonds is 6. The van der Waals surface area contributed by atoms with Gasteiger partial charge in [0, 0.05) is 10.6 Å². The lowest BCUT2D eigenvalue weighted by Gasteiger charge is -2.13. The van der Waals surface area contributed by atoms with Crippen LogP contribution >= 0.6 is 11.8 Å². The molecular weight excluding hydrogens is 394 g/mol. The first-order chi connectivity index (χ1) is 13.9. The van der Waals surface area contributed by atoms with Gasteiger partial charge in [-0.05, 0) is 54.6 Å². The van der Waals surface area contributed by atoms with Crippen molar-refractivity contribution in [1.29, 1.82) is 5.26 Å². The Bertz CT molecular complexity index is 1030. The molecule has 0 saturated heterocycles. The molecule has 3 rings (SSSR count). The van der Waals surface area contributed by atoms with Crippen molar-refractivity contribution in [3.8, 4) is 5.40 Å². The van der Waals surface area contributed by atoms with Crippen LogP contribution in [0, 0.1) is 17.6 Å². The maximum Gasteiger partial charge on any atom is 0.326 e. The van der Waals surface area contributed by atoms with E-state index in [0.29, 0.717) is 5.69 Å². The number of nitrogens with one attached hydrogen (secondary N) is 1. The van der Waals surface area contributed by atoms with Gasteiger partial charge in [0.1, 0.15) is 11.9 Å². The van der Waals surface area contributed by atoms with Crippen molar-refractivity contribution in [3.63, 3.8) is 0 Å². The summed E-state index contributed by atoms with van der Waals surface area (Å²) < 4.78 is 4.89. The normalized spacial score (nSPS) is 12.3. The lowest BCUT2D eigenvalue weighted by molar-refractivity contribution is -0.147. The summed E-state index contributed by atoms with van der Waals surface area (Å²) in [6.45, 7) is 0.639. The zero-order valence-corrected chi connectivity index (χ0v) is 16.1. The number of ether oxygens (including phenoxy) is 1. The molecule has 9 heteroatoms. The molecule has 0 aliphatic carbocycles. The number of carbonyl (C=O) groups excluding carboxylic acids is 4. The van der Waals surface area contributed by atoms with E-state index in [4.69, 9.17) is 10.00 Å². The van der Waals surface area contributed by atoms with Gasteiger partial charge in [0.05, 0.1) is 11.1 Å². The zero-order chi connectivity index (χ0) is 21.0. The van der Waals surface area contributed by atoms with Crippen LogP contribution in [0.15, 0.2) is 47.4 Å². The molecule has 3 amide bonds. The van der Waals surface area contributed by atoms with Crippen LogP contribution in [0.5, 0.6) is 0 Å². The first-order valence-electron chi connectivity index (χ1n) is 8.48. The van der Waals surface area contributed by atoms with Crippen LogP contribution in [0.2, 0.25) is 0 Å². The molecule has 8 nitrogen and oxygen atoms in total. The first kappa shape index (κ1) is 20.1. The van der Waals surface area contributed by atoms with Gasteiger partial charge in [-0.3, -0.25) is 24.1 Å². The van der Waals surface area contributed by atoms with Crippen LogP contribution in [0.4, 0.5) is 5.69 Å².